The van der Waals surface area contributed by atoms with Crippen molar-refractivity contribution < 1.29 is 9.59 Å². The van der Waals surface area contributed by atoms with Gasteiger partial charge in [0.15, 0.2) is 0 Å². The Morgan fingerprint density at radius 3 is 2.45 bits per heavy atom. The molecular formula is C16H20N2O2. The molecule has 2 amide bonds. The number of amides is 2. The lowest BCUT2D eigenvalue weighted by molar-refractivity contribution is -0.153. The van der Waals surface area contributed by atoms with Gasteiger partial charge in [0, 0.05) is 5.54 Å². The number of nitrogens with zero attached hydrogens (tertiary/aromatic N) is 1. The first-order chi connectivity index (χ1) is 9.62. The van der Waals surface area contributed by atoms with Gasteiger partial charge in [0.2, 0.25) is 11.8 Å². The minimum Gasteiger partial charge on any atom is -0.345 e. The molecule has 1 aliphatic carbocycles. The van der Waals surface area contributed by atoms with Gasteiger partial charge in [0.1, 0.15) is 6.04 Å². The Kier molecular flexibility index (Phi) is 3.24. The van der Waals surface area contributed by atoms with Crippen molar-refractivity contribution in [3.8, 4) is 0 Å². The SMILES string of the molecule is CC1(N2C(=O)CNC(=O)C2c2ccccc2)CCCC1. The smallest absolute Gasteiger partial charge is 0.247 e. The molecule has 1 aromatic rings. The standard InChI is InChI=1S/C16H20N2O2/c1-16(9-5-6-10-16)18-13(19)11-17-15(20)14(18)12-7-3-2-4-8-12/h2-4,7-8,14H,5-6,9-11H2,1H3,(H,17,20). The minimum atomic E-state index is -0.486. The van der Waals surface area contributed by atoms with Gasteiger partial charge in [-0.05, 0) is 25.3 Å². The summed E-state index contributed by atoms with van der Waals surface area (Å²) in [6.07, 6.45) is 4.22. The van der Waals surface area contributed by atoms with E-state index in [1.165, 1.54) is 0 Å². The van der Waals surface area contributed by atoms with Gasteiger partial charge < -0.3 is 10.2 Å². The molecular weight excluding hydrogens is 252 g/mol. The van der Waals surface area contributed by atoms with Crippen LogP contribution in [-0.4, -0.2) is 28.8 Å². The molecule has 3 rings (SSSR count). The van der Waals surface area contributed by atoms with Crippen LogP contribution in [0.4, 0.5) is 0 Å². The van der Waals surface area contributed by atoms with E-state index in [1.807, 2.05) is 35.2 Å². The Balaban J connectivity index is 2.02. The Labute approximate surface area is 119 Å². The number of nitrogens with one attached hydrogen (secondary N) is 1. The molecule has 1 saturated heterocycles. The van der Waals surface area contributed by atoms with E-state index in [9.17, 15) is 9.59 Å². The van der Waals surface area contributed by atoms with E-state index in [2.05, 4.69) is 12.2 Å². The van der Waals surface area contributed by atoms with Crippen molar-refractivity contribution in [3.63, 3.8) is 0 Å². The average Bonchev–Trinajstić information content (AvgIpc) is 2.89. The molecule has 4 nitrogen and oxygen atoms in total. The monoisotopic (exact) mass is 272 g/mol. The molecule has 20 heavy (non-hydrogen) atoms. The van der Waals surface area contributed by atoms with Crippen LogP contribution in [0.2, 0.25) is 0 Å². The number of benzene rings is 1. The summed E-state index contributed by atoms with van der Waals surface area (Å²) in [6, 6.07) is 9.12. The molecule has 1 unspecified atom stereocenters. The molecule has 4 heteroatoms. The van der Waals surface area contributed by atoms with Crippen LogP contribution in [0.15, 0.2) is 30.3 Å². The van der Waals surface area contributed by atoms with Crippen LogP contribution in [0.3, 0.4) is 0 Å². The van der Waals surface area contributed by atoms with Gasteiger partial charge in [-0.15, -0.1) is 0 Å². The van der Waals surface area contributed by atoms with Gasteiger partial charge in [0.05, 0.1) is 6.54 Å². The molecule has 1 N–H and O–H groups in total. The third-order valence-corrected chi connectivity index (χ3v) is 4.57. The van der Waals surface area contributed by atoms with Gasteiger partial charge >= 0.3 is 0 Å². The van der Waals surface area contributed by atoms with E-state index in [0.29, 0.717) is 0 Å². The average molecular weight is 272 g/mol. The van der Waals surface area contributed by atoms with Crippen molar-refractivity contribution in [2.45, 2.75) is 44.2 Å². The van der Waals surface area contributed by atoms with Gasteiger partial charge in [-0.1, -0.05) is 43.2 Å². The van der Waals surface area contributed by atoms with Crippen LogP contribution < -0.4 is 5.32 Å². The summed E-state index contributed by atoms with van der Waals surface area (Å²) in [5.41, 5.74) is 0.709. The first-order valence-corrected chi connectivity index (χ1v) is 7.27. The summed E-state index contributed by atoms with van der Waals surface area (Å²) >= 11 is 0. The molecule has 1 heterocycles. The van der Waals surface area contributed by atoms with Gasteiger partial charge in [-0.2, -0.15) is 0 Å². The lowest BCUT2D eigenvalue weighted by atomic mass is 9.91. The fourth-order valence-corrected chi connectivity index (χ4v) is 3.53. The second kappa shape index (κ2) is 4.93. The van der Waals surface area contributed by atoms with Gasteiger partial charge in [-0.3, -0.25) is 9.59 Å². The lowest BCUT2D eigenvalue weighted by Gasteiger charge is -2.45. The highest BCUT2D eigenvalue weighted by Gasteiger charge is 2.46. The molecule has 0 bridgehead atoms. The van der Waals surface area contributed by atoms with Crippen molar-refractivity contribution in [2.75, 3.05) is 6.54 Å². The number of carbonyl (C=O) groups is 2. The third kappa shape index (κ3) is 2.09. The number of hydrogen-bond acceptors (Lipinski definition) is 2. The lowest BCUT2D eigenvalue weighted by Crippen LogP contribution is -2.60. The van der Waals surface area contributed by atoms with Crippen molar-refractivity contribution >= 4 is 11.8 Å². The number of carbonyl (C=O) groups excluding carboxylic acids is 2. The summed E-state index contributed by atoms with van der Waals surface area (Å²) in [5, 5.41) is 2.72. The third-order valence-electron chi connectivity index (χ3n) is 4.57. The first-order valence-electron chi connectivity index (χ1n) is 7.27. The van der Waals surface area contributed by atoms with E-state index in [4.69, 9.17) is 0 Å². The Morgan fingerprint density at radius 2 is 1.80 bits per heavy atom. The van der Waals surface area contributed by atoms with Gasteiger partial charge in [0.25, 0.3) is 0 Å². The zero-order chi connectivity index (χ0) is 14.2. The fourth-order valence-electron chi connectivity index (χ4n) is 3.53. The molecule has 0 aromatic heterocycles. The maximum Gasteiger partial charge on any atom is 0.247 e. The molecule has 1 atom stereocenters. The summed E-state index contributed by atoms with van der Waals surface area (Å²) in [6.45, 7) is 2.24. The van der Waals surface area contributed by atoms with Gasteiger partial charge in [-0.25, -0.2) is 0 Å². The highest BCUT2D eigenvalue weighted by Crippen LogP contribution is 2.40. The number of rotatable bonds is 2. The Bertz CT molecular complexity index is 521. The van der Waals surface area contributed by atoms with E-state index in [-0.39, 0.29) is 23.9 Å². The molecule has 106 valence electrons. The van der Waals surface area contributed by atoms with Crippen molar-refractivity contribution in [1.82, 2.24) is 10.2 Å². The fraction of sp³-hybridized carbons (Fsp3) is 0.500. The van der Waals surface area contributed by atoms with E-state index in [0.717, 1.165) is 31.2 Å². The van der Waals surface area contributed by atoms with Crippen LogP contribution in [0.5, 0.6) is 0 Å². The zero-order valence-electron chi connectivity index (χ0n) is 11.8. The summed E-state index contributed by atoms with van der Waals surface area (Å²) in [4.78, 5) is 26.6. The molecule has 1 aromatic carbocycles. The predicted molar refractivity (Wildman–Crippen MR) is 75.9 cm³/mol. The predicted octanol–water partition coefficient (Wildman–Crippen LogP) is 2.02. The Hall–Kier alpha value is -1.84. The normalized spacial score (nSPS) is 25.6. The highest BCUT2D eigenvalue weighted by molar-refractivity contribution is 5.96. The number of hydrogen-bond donors (Lipinski definition) is 1. The minimum absolute atomic E-state index is 0.0304. The molecule has 2 fully saturated rings. The topological polar surface area (TPSA) is 49.4 Å². The second-order valence-corrected chi connectivity index (χ2v) is 6.00. The molecule has 0 spiro atoms. The second-order valence-electron chi connectivity index (χ2n) is 6.00. The maximum absolute atomic E-state index is 12.4. The quantitative estimate of drug-likeness (QED) is 0.895. The van der Waals surface area contributed by atoms with Crippen LogP contribution in [0.25, 0.3) is 0 Å². The molecule has 1 aliphatic heterocycles. The summed E-state index contributed by atoms with van der Waals surface area (Å²) in [7, 11) is 0. The van der Waals surface area contributed by atoms with E-state index < -0.39 is 6.04 Å². The Morgan fingerprint density at radius 1 is 1.15 bits per heavy atom. The van der Waals surface area contributed by atoms with Crippen LogP contribution >= 0.6 is 0 Å². The molecule has 2 aliphatic rings. The highest BCUT2D eigenvalue weighted by atomic mass is 16.2. The largest absolute Gasteiger partial charge is 0.345 e. The first kappa shape index (κ1) is 13.2. The molecule has 1 saturated carbocycles. The zero-order valence-corrected chi connectivity index (χ0v) is 11.8. The van der Waals surface area contributed by atoms with Crippen LogP contribution in [0, 0.1) is 0 Å². The summed E-state index contributed by atoms with van der Waals surface area (Å²) in [5.74, 6) is -0.0354. The van der Waals surface area contributed by atoms with Crippen LogP contribution in [-0.2, 0) is 9.59 Å². The molecule has 0 radical (unpaired) electrons. The van der Waals surface area contributed by atoms with Crippen molar-refractivity contribution in [1.29, 1.82) is 0 Å². The maximum atomic E-state index is 12.4. The van der Waals surface area contributed by atoms with E-state index in [1.54, 1.807) is 0 Å². The van der Waals surface area contributed by atoms with Crippen molar-refractivity contribution in [2.24, 2.45) is 0 Å². The van der Waals surface area contributed by atoms with Crippen molar-refractivity contribution in [3.05, 3.63) is 35.9 Å². The summed E-state index contributed by atoms with van der Waals surface area (Å²) < 4.78 is 0. The van der Waals surface area contributed by atoms with E-state index >= 15 is 0 Å². The van der Waals surface area contributed by atoms with Crippen LogP contribution in [0.1, 0.15) is 44.2 Å². The number of piperazine rings is 1.